The largest absolute Gasteiger partial charge is 0.497 e. The molecule has 7 nitrogen and oxygen atoms in total. The Labute approximate surface area is 129 Å². The van der Waals surface area contributed by atoms with Gasteiger partial charge < -0.3 is 24.8 Å². The zero-order valence-corrected chi connectivity index (χ0v) is 13.3. The lowest BCUT2D eigenvalue weighted by atomic mass is 10.2. The highest BCUT2D eigenvalue weighted by atomic mass is 16.5. The first kappa shape index (κ1) is 17.8. The summed E-state index contributed by atoms with van der Waals surface area (Å²) in [7, 11) is 4.56. The second-order valence-corrected chi connectivity index (χ2v) is 4.71. The highest BCUT2D eigenvalue weighted by Gasteiger charge is 2.12. The standard InChI is InChI=1S/C15H22N2O5/c1-10(9-20-2)17-14(18)8-16-15(19)11-5-12(21-3)7-13(6-11)22-4/h5-7,10H,8-9H2,1-4H3,(H,16,19)(H,17,18). The minimum atomic E-state index is -0.383. The van der Waals surface area contributed by atoms with Crippen LogP contribution in [0.4, 0.5) is 0 Å². The first-order valence-corrected chi connectivity index (χ1v) is 6.79. The normalized spacial score (nSPS) is 11.5. The van der Waals surface area contributed by atoms with Crippen molar-refractivity contribution in [2.75, 3.05) is 34.5 Å². The van der Waals surface area contributed by atoms with Crippen LogP contribution in [-0.2, 0) is 9.53 Å². The van der Waals surface area contributed by atoms with Crippen LogP contribution >= 0.6 is 0 Å². The van der Waals surface area contributed by atoms with Crippen LogP contribution in [0, 0.1) is 0 Å². The molecule has 1 aromatic rings. The molecule has 0 heterocycles. The summed E-state index contributed by atoms with van der Waals surface area (Å²) in [6.07, 6.45) is 0. The van der Waals surface area contributed by atoms with Gasteiger partial charge in [-0.3, -0.25) is 9.59 Å². The summed E-state index contributed by atoms with van der Waals surface area (Å²) in [5, 5.41) is 5.25. The smallest absolute Gasteiger partial charge is 0.251 e. The summed E-state index contributed by atoms with van der Waals surface area (Å²) in [6, 6.07) is 4.69. The second-order valence-electron chi connectivity index (χ2n) is 4.71. The van der Waals surface area contributed by atoms with E-state index >= 15 is 0 Å². The maximum atomic E-state index is 12.1. The van der Waals surface area contributed by atoms with Crippen molar-refractivity contribution < 1.29 is 23.8 Å². The number of amides is 2. The molecule has 2 amide bonds. The van der Waals surface area contributed by atoms with E-state index < -0.39 is 0 Å². The molecule has 1 aromatic carbocycles. The number of nitrogens with one attached hydrogen (secondary N) is 2. The SMILES string of the molecule is COCC(C)NC(=O)CNC(=O)c1cc(OC)cc(OC)c1. The fraction of sp³-hybridized carbons (Fsp3) is 0.467. The Bertz CT molecular complexity index is 496. The zero-order valence-electron chi connectivity index (χ0n) is 13.3. The third kappa shape index (κ3) is 5.61. The molecule has 1 atom stereocenters. The molecule has 0 spiro atoms. The van der Waals surface area contributed by atoms with E-state index in [-0.39, 0.29) is 24.4 Å². The van der Waals surface area contributed by atoms with E-state index in [9.17, 15) is 9.59 Å². The highest BCUT2D eigenvalue weighted by molar-refractivity contribution is 5.97. The molecule has 0 aliphatic carbocycles. The van der Waals surface area contributed by atoms with Crippen molar-refractivity contribution in [3.63, 3.8) is 0 Å². The fourth-order valence-corrected chi connectivity index (χ4v) is 1.82. The third-order valence-electron chi connectivity index (χ3n) is 2.85. The van der Waals surface area contributed by atoms with Gasteiger partial charge in [0.05, 0.1) is 27.4 Å². The summed E-state index contributed by atoms with van der Waals surface area (Å²) >= 11 is 0. The molecule has 0 radical (unpaired) electrons. The van der Waals surface area contributed by atoms with E-state index in [1.807, 2.05) is 6.92 Å². The first-order chi connectivity index (χ1) is 10.5. The number of methoxy groups -OCH3 is 3. The van der Waals surface area contributed by atoms with E-state index in [0.29, 0.717) is 23.7 Å². The fourth-order valence-electron chi connectivity index (χ4n) is 1.82. The molecule has 0 aromatic heterocycles. The Morgan fingerprint density at radius 2 is 1.68 bits per heavy atom. The first-order valence-electron chi connectivity index (χ1n) is 6.79. The molecule has 1 unspecified atom stereocenters. The summed E-state index contributed by atoms with van der Waals surface area (Å²) in [4.78, 5) is 23.7. The van der Waals surface area contributed by atoms with Crippen LogP contribution in [0.2, 0.25) is 0 Å². The predicted octanol–water partition coefficient (Wildman–Crippen LogP) is 0.585. The molecule has 1 rings (SSSR count). The molecule has 0 bridgehead atoms. The van der Waals surface area contributed by atoms with Crippen molar-refractivity contribution in [1.29, 1.82) is 0 Å². The van der Waals surface area contributed by atoms with Crippen molar-refractivity contribution in [2.24, 2.45) is 0 Å². The van der Waals surface area contributed by atoms with Gasteiger partial charge in [-0.1, -0.05) is 0 Å². The Kier molecular flexibility index (Phi) is 7.18. The molecule has 0 aliphatic rings. The molecule has 2 N–H and O–H groups in total. The molecule has 0 fully saturated rings. The third-order valence-corrected chi connectivity index (χ3v) is 2.85. The lowest BCUT2D eigenvalue weighted by Gasteiger charge is -2.13. The zero-order chi connectivity index (χ0) is 16.5. The number of hydrogen-bond donors (Lipinski definition) is 2. The number of carbonyl (C=O) groups excluding carboxylic acids is 2. The summed E-state index contributed by atoms with van der Waals surface area (Å²) in [5.74, 6) is 0.338. The van der Waals surface area contributed by atoms with Crippen LogP contribution in [0.15, 0.2) is 18.2 Å². The van der Waals surface area contributed by atoms with Gasteiger partial charge in [0.2, 0.25) is 5.91 Å². The van der Waals surface area contributed by atoms with Gasteiger partial charge in [-0.15, -0.1) is 0 Å². The van der Waals surface area contributed by atoms with Crippen LogP contribution in [-0.4, -0.2) is 52.3 Å². The van der Waals surface area contributed by atoms with Crippen LogP contribution in [0.3, 0.4) is 0 Å². The van der Waals surface area contributed by atoms with Crippen LogP contribution in [0.5, 0.6) is 11.5 Å². The highest BCUT2D eigenvalue weighted by Crippen LogP contribution is 2.22. The number of benzene rings is 1. The maximum absolute atomic E-state index is 12.1. The number of rotatable bonds is 8. The van der Waals surface area contributed by atoms with Crippen molar-refractivity contribution >= 4 is 11.8 Å². The van der Waals surface area contributed by atoms with Crippen LogP contribution in [0.25, 0.3) is 0 Å². The Hall–Kier alpha value is -2.28. The van der Waals surface area contributed by atoms with Gasteiger partial charge in [-0.2, -0.15) is 0 Å². The number of hydrogen-bond acceptors (Lipinski definition) is 5. The minimum Gasteiger partial charge on any atom is -0.497 e. The van der Waals surface area contributed by atoms with E-state index in [4.69, 9.17) is 14.2 Å². The molecular formula is C15H22N2O5. The molecule has 0 saturated heterocycles. The summed E-state index contributed by atoms with van der Waals surface area (Å²) in [6.45, 7) is 2.11. The lowest BCUT2D eigenvalue weighted by Crippen LogP contribution is -2.42. The molecule has 0 aliphatic heterocycles. The molecule has 7 heteroatoms. The summed E-state index contributed by atoms with van der Waals surface area (Å²) < 4.78 is 15.1. The van der Waals surface area contributed by atoms with Crippen molar-refractivity contribution in [3.8, 4) is 11.5 Å². The van der Waals surface area contributed by atoms with Gasteiger partial charge >= 0.3 is 0 Å². The van der Waals surface area contributed by atoms with Gasteiger partial charge in [-0.25, -0.2) is 0 Å². The monoisotopic (exact) mass is 310 g/mol. The molecule has 22 heavy (non-hydrogen) atoms. The Morgan fingerprint density at radius 1 is 1.09 bits per heavy atom. The molecule has 0 saturated carbocycles. The van der Waals surface area contributed by atoms with Crippen molar-refractivity contribution in [2.45, 2.75) is 13.0 Å². The van der Waals surface area contributed by atoms with Gasteiger partial charge in [0.1, 0.15) is 11.5 Å². The lowest BCUT2D eigenvalue weighted by molar-refractivity contribution is -0.121. The Morgan fingerprint density at radius 3 is 2.18 bits per heavy atom. The predicted molar refractivity (Wildman–Crippen MR) is 81.4 cm³/mol. The average Bonchev–Trinajstić information content (AvgIpc) is 2.52. The average molecular weight is 310 g/mol. The number of carbonyl (C=O) groups is 2. The van der Waals surface area contributed by atoms with Crippen molar-refractivity contribution in [1.82, 2.24) is 10.6 Å². The Balaban J connectivity index is 2.60. The van der Waals surface area contributed by atoms with Gasteiger partial charge in [0.25, 0.3) is 5.91 Å². The summed E-state index contributed by atoms with van der Waals surface area (Å²) in [5.41, 5.74) is 0.355. The van der Waals surface area contributed by atoms with Crippen LogP contribution in [0.1, 0.15) is 17.3 Å². The molecular weight excluding hydrogens is 288 g/mol. The van der Waals surface area contributed by atoms with E-state index in [1.54, 1.807) is 25.3 Å². The minimum absolute atomic E-state index is 0.119. The van der Waals surface area contributed by atoms with Gasteiger partial charge in [-0.05, 0) is 19.1 Å². The van der Waals surface area contributed by atoms with Gasteiger partial charge in [0.15, 0.2) is 0 Å². The van der Waals surface area contributed by atoms with E-state index in [2.05, 4.69) is 10.6 Å². The topological polar surface area (TPSA) is 85.9 Å². The van der Waals surface area contributed by atoms with Gasteiger partial charge in [0, 0.05) is 24.8 Å². The quantitative estimate of drug-likeness (QED) is 0.734. The van der Waals surface area contributed by atoms with E-state index in [0.717, 1.165) is 0 Å². The van der Waals surface area contributed by atoms with E-state index in [1.165, 1.54) is 14.2 Å². The van der Waals surface area contributed by atoms with Crippen molar-refractivity contribution in [3.05, 3.63) is 23.8 Å². The van der Waals surface area contributed by atoms with Crippen LogP contribution < -0.4 is 20.1 Å². The maximum Gasteiger partial charge on any atom is 0.251 e. The number of ether oxygens (including phenoxy) is 3. The second kappa shape index (κ2) is 8.89. The molecule has 122 valence electrons.